The molecule has 2 aliphatic rings. The van der Waals surface area contributed by atoms with E-state index >= 15 is 0 Å². The molecule has 0 atom stereocenters. The fraction of sp³-hybridized carbons (Fsp3) is 0.737. The van der Waals surface area contributed by atoms with Crippen LogP contribution in [0.1, 0.15) is 81.5 Å². The normalized spacial score (nSPS) is 23.5. The van der Waals surface area contributed by atoms with Crippen molar-refractivity contribution in [2.75, 3.05) is 7.05 Å². The number of H-pyrrole nitrogens is 1. The monoisotopic (exact) mass is 357 g/mol. The number of nitrogens with zero attached hydrogens (tertiary/aromatic N) is 5. The SMILES string of the molecule is CN(Cc1cc(C(C)(C)C)n[nH]1)Cc1nnc(C2CC(N)C2)n1C1CC1. The molecule has 2 aromatic heterocycles. The van der Waals surface area contributed by atoms with Crippen LogP contribution in [0.4, 0.5) is 0 Å². The van der Waals surface area contributed by atoms with Gasteiger partial charge in [-0.3, -0.25) is 10.00 Å². The average molecular weight is 358 g/mol. The predicted octanol–water partition coefficient (Wildman–Crippen LogP) is 2.47. The van der Waals surface area contributed by atoms with Gasteiger partial charge in [-0.25, -0.2) is 0 Å². The first kappa shape index (κ1) is 17.7. The summed E-state index contributed by atoms with van der Waals surface area (Å²) in [4.78, 5) is 2.28. The van der Waals surface area contributed by atoms with Gasteiger partial charge in [0.15, 0.2) is 0 Å². The van der Waals surface area contributed by atoms with E-state index in [0.717, 1.165) is 49.0 Å². The van der Waals surface area contributed by atoms with Crippen LogP contribution in [-0.4, -0.2) is 43.0 Å². The highest BCUT2D eigenvalue weighted by Crippen LogP contribution is 2.42. The molecule has 142 valence electrons. The van der Waals surface area contributed by atoms with Crippen molar-refractivity contribution in [2.24, 2.45) is 5.73 Å². The van der Waals surface area contributed by atoms with Gasteiger partial charge in [-0.2, -0.15) is 5.10 Å². The maximum absolute atomic E-state index is 5.98. The standard InChI is InChI=1S/C19H31N7/c1-19(2,3)16-9-14(21-22-16)10-25(4)11-17-23-24-18(12-7-13(20)8-12)26(17)15-5-6-15/h9,12-13,15H,5-8,10-11,20H2,1-4H3,(H,21,22). The summed E-state index contributed by atoms with van der Waals surface area (Å²) in [5.41, 5.74) is 8.29. The lowest BCUT2D eigenvalue weighted by Crippen LogP contribution is -2.36. The number of nitrogens with two attached hydrogens (primary N) is 1. The van der Waals surface area contributed by atoms with Gasteiger partial charge in [0.25, 0.3) is 0 Å². The Labute approximate surface area is 155 Å². The molecule has 0 spiro atoms. The van der Waals surface area contributed by atoms with Crippen molar-refractivity contribution in [1.82, 2.24) is 29.9 Å². The van der Waals surface area contributed by atoms with E-state index in [1.54, 1.807) is 0 Å². The van der Waals surface area contributed by atoms with Crippen LogP contribution in [0.3, 0.4) is 0 Å². The molecule has 26 heavy (non-hydrogen) atoms. The molecule has 4 rings (SSSR count). The Morgan fingerprint density at radius 3 is 2.54 bits per heavy atom. The highest BCUT2D eigenvalue weighted by molar-refractivity contribution is 5.16. The zero-order chi connectivity index (χ0) is 18.5. The quantitative estimate of drug-likeness (QED) is 0.829. The van der Waals surface area contributed by atoms with Gasteiger partial charge in [0.1, 0.15) is 11.6 Å². The molecule has 3 N–H and O–H groups in total. The van der Waals surface area contributed by atoms with Crippen molar-refractivity contribution in [1.29, 1.82) is 0 Å². The van der Waals surface area contributed by atoms with Crippen LogP contribution in [0.15, 0.2) is 6.07 Å². The Balaban J connectivity index is 1.44. The zero-order valence-corrected chi connectivity index (χ0v) is 16.4. The number of aromatic nitrogens is 5. The largest absolute Gasteiger partial charge is 0.328 e. The van der Waals surface area contributed by atoms with Crippen molar-refractivity contribution < 1.29 is 0 Å². The molecule has 2 aliphatic carbocycles. The van der Waals surface area contributed by atoms with Gasteiger partial charge in [0, 0.05) is 35.7 Å². The van der Waals surface area contributed by atoms with E-state index in [-0.39, 0.29) is 5.41 Å². The van der Waals surface area contributed by atoms with Crippen molar-refractivity contribution in [3.63, 3.8) is 0 Å². The number of hydrogen-bond acceptors (Lipinski definition) is 5. The molecule has 0 radical (unpaired) electrons. The predicted molar refractivity (Wildman–Crippen MR) is 101 cm³/mol. The van der Waals surface area contributed by atoms with Crippen LogP contribution in [0.2, 0.25) is 0 Å². The molecule has 0 saturated heterocycles. The first-order valence-corrected chi connectivity index (χ1v) is 9.74. The molecule has 0 aliphatic heterocycles. The van der Waals surface area contributed by atoms with Gasteiger partial charge < -0.3 is 10.3 Å². The topological polar surface area (TPSA) is 88.7 Å². The van der Waals surface area contributed by atoms with E-state index in [9.17, 15) is 0 Å². The van der Waals surface area contributed by atoms with Gasteiger partial charge in [0.05, 0.1) is 12.2 Å². The van der Waals surface area contributed by atoms with Gasteiger partial charge in [0.2, 0.25) is 0 Å². The highest BCUT2D eigenvalue weighted by atomic mass is 15.3. The number of nitrogens with one attached hydrogen (secondary N) is 1. The molecule has 7 heteroatoms. The van der Waals surface area contributed by atoms with Gasteiger partial charge in [-0.15, -0.1) is 10.2 Å². The Kier molecular flexibility index (Phi) is 4.39. The molecule has 0 amide bonds. The third-order valence-electron chi connectivity index (χ3n) is 5.50. The second-order valence-electron chi connectivity index (χ2n) is 9.20. The fourth-order valence-corrected chi connectivity index (χ4v) is 3.74. The van der Waals surface area contributed by atoms with Crippen molar-refractivity contribution in [2.45, 2.75) is 83.0 Å². The average Bonchev–Trinajstić information content (AvgIpc) is 3.10. The summed E-state index contributed by atoms with van der Waals surface area (Å²) in [5.74, 6) is 2.74. The Morgan fingerprint density at radius 2 is 1.96 bits per heavy atom. The maximum Gasteiger partial charge on any atom is 0.147 e. The molecule has 7 nitrogen and oxygen atoms in total. The van der Waals surface area contributed by atoms with Crippen molar-refractivity contribution in [3.8, 4) is 0 Å². The molecular weight excluding hydrogens is 326 g/mol. The number of aromatic amines is 1. The van der Waals surface area contributed by atoms with E-state index in [1.807, 2.05) is 0 Å². The van der Waals surface area contributed by atoms with Gasteiger partial charge in [-0.1, -0.05) is 20.8 Å². The summed E-state index contributed by atoms with van der Waals surface area (Å²) in [7, 11) is 2.13. The summed E-state index contributed by atoms with van der Waals surface area (Å²) in [6.07, 6.45) is 4.58. The molecule has 2 saturated carbocycles. The third-order valence-corrected chi connectivity index (χ3v) is 5.50. The van der Waals surface area contributed by atoms with Crippen LogP contribution in [0, 0.1) is 0 Å². The zero-order valence-electron chi connectivity index (χ0n) is 16.4. The Morgan fingerprint density at radius 1 is 1.23 bits per heavy atom. The first-order chi connectivity index (χ1) is 12.3. The second kappa shape index (κ2) is 6.46. The minimum atomic E-state index is 0.0675. The maximum atomic E-state index is 5.98. The lowest BCUT2D eigenvalue weighted by molar-refractivity contribution is 0.295. The molecule has 0 unspecified atom stereocenters. The Hall–Kier alpha value is -1.73. The summed E-state index contributed by atoms with van der Waals surface area (Å²) in [6.45, 7) is 8.17. The number of rotatable bonds is 6. The molecule has 0 aromatic carbocycles. The lowest BCUT2D eigenvalue weighted by atomic mass is 9.80. The third kappa shape index (κ3) is 3.55. The summed E-state index contributed by atoms with van der Waals surface area (Å²) < 4.78 is 2.40. The van der Waals surface area contributed by atoms with Crippen LogP contribution >= 0.6 is 0 Å². The van der Waals surface area contributed by atoms with Crippen molar-refractivity contribution in [3.05, 3.63) is 29.1 Å². The van der Waals surface area contributed by atoms with E-state index in [0.29, 0.717) is 18.0 Å². The van der Waals surface area contributed by atoms with E-state index in [2.05, 4.69) is 63.7 Å². The minimum Gasteiger partial charge on any atom is -0.328 e. The molecular formula is C19H31N7. The molecule has 2 heterocycles. The van der Waals surface area contributed by atoms with Gasteiger partial charge in [-0.05, 0) is 38.8 Å². The Bertz CT molecular complexity index is 759. The molecule has 2 fully saturated rings. The minimum absolute atomic E-state index is 0.0675. The smallest absolute Gasteiger partial charge is 0.147 e. The number of hydrogen-bond donors (Lipinski definition) is 2. The fourth-order valence-electron chi connectivity index (χ4n) is 3.74. The molecule has 2 aromatic rings. The summed E-state index contributed by atoms with van der Waals surface area (Å²) >= 11 is 0. The highest BCUT2D eigenvalue weighted by Gasteiger charge is 2.37. The van der Waals surface area contributed by atoms with Crippen LogP contribution in [0.25, 0.3) is 0 Å². The van der Waals surface area contributed by atoms with E-state index in [4.69, 9.17) is 5.73 Å². The van der Waals surface area contributed by atoms with E-state index < -0.39 is 0 Å². The summed E-state index contributed by atoms with van der Waals surface area (Å²) in [5, 5.41) is 16.7. The van der Waals surface area contributed by atoms with Crippen LogP contribution < -0.4 is 5.73 Å². The van der Waals surface area contributed by atoms with Crippen LogP contribution in [-0.2, 0) is 18.5 Å². The molecule has 0 bridgehead atoms. The van der Waals surface area contributed by atoms with Crippen LogP contribution in [0.5, 0.6) is 0 Å². The summed E-state index contributed by atoms with van der Waals surface area (Å²) in [6, 6.07) is 3.11. The second-order valence-corrected chi connectivity index (χ2v) is 9.20. The first-order valence-electron chi connectivity index (χ1n) is 9.74. The van der Waals surface area contributed by atoms with E-state index in [1.165, 1.54) is 12.8 Å². The van der Waals surface area contributed by atoms with Crippen molar-refractivity contribution >= 4 is 0 Å². The lowest BCUT2D eigenvalue weighted by Gasteiger charge is -2.32. The van der Waals surface area contributed by atoms with Gasteiger partial charge >= 0.3 is 0 Å².